The lowest BCUT2D eigenvalue weighted by Crippen LogP contribution is -2.39. The van der Waals surface area contributed by atoms with Crippen molar-refractivity contribution in [3.8, 4) is 11.4 Å². The van der Waals surface area contributed by atoms with Crippen LogP contribution in [0.3, 0.4) is 0 Å². The Balaban J connectivity index is 1.57. The van der Waals surface area contributed by atoms with Gasteiger partial charge in [-0.1, -0.05) is 0 Å². The second kappa shape index (κ2) is 8.71. The number of guanidine groups is 1. The van der Waals surface area contributed by atoms with Crippen LogP contribution in [0.25, 0.3) is 5.69 Å². The minimum absolute atomic E-state index is 0.577. The number of nitrogens with zero attached hydrogens (tertiary/aromatic N) is 4. The number of aromatic nitrogens is 2. The smallest absolute Gasteiger partial charge is 0.193 e. The zero-order valence-corrected chi connectivity index (χ0v) is 15.7. The first-order chi connectivity index (χ1) is 12.7. The fraction of sp³-hybridized carbons (Fsp3) is 0.474. The molecule has 1 atom stereocenters. The van der Waals surface area contributed by atoms with Crippen LogP contribution in [0.4, 0.5) is 0 Å². The first-order valence-electron chi connectivity index (χ1n) is 8.87. The van der Waals surface area contributed by atoms with E-state index in [0.717, 1.165) is 49.2 Å². The van der Waals surface area contributed by atoms with Gasteiger partial charge in [-0.2, -0.15) is 5.10 Å². The van der Waals surface area contributed by atoms with E-state index in [1.165, 1.54) is 0 Å². The largest absolute Gasteiger partial charge is 0.497 e. The number of rotatable bonds is 6. The zero-order chi connectivity index (χ0) is 18.4. The van der Waals surface area contributed by atoms with Crippen LogP contribution in [0.15, 0.2) is 41.5 Å². The third-order valence-corrected chi connectivity index (χ3v) is 4.61. The minimum Gasteiger partial charge on any atom is -0.497 e. The molecular formula is C19H27N5O2. The average molecular weight is 357 g/mol. The topological polar surface area (TPSA) is 63.9 Å². The fourth-order valence-electron chi connectivity index (χ4n) is 3.23. The summed E-state index contributed by atoms with van der Waals surface area (Å²) >= 11 is 0. The first-order valence-corrected chi connectivity index (χ1v) is 8.87. The van der Waals surface area contributed by atoms with Gasteiger partial charge in [-0.05, 0) is 36.8 Å². The van der Waals surface area contributed by atoms with Gasteiger partial charge in [0.15, 0.2) is 5.96 Å². The maximum atomic E-state index is 5.27. The van der Waals surface area contributed by atoms with Gasteiger partial charge in [-0.25, -0.2) is 4.68 Å². The predicted octanol–water partition coefficient (Wildman–Crippen LogP) is 1.92. The normalized spacial score (nSPS) is 17.6. The molecule has 1 unspecified atom stereocenters. The van der Waals surface area contributed by atoms with Gasteiger partial charge in [0, 0.05) is 39.4 Å². The minimum atomic E-state index is 0.577. The number of hydrogen-bond acceptors (Lipinski definition) is 4. The van der Waals surface area contributed by atoms with Crippen molar-refractivity contribution in [2.75, 3.05) is 41.0 Å². The molecule has 1 aliphatic rings. The molecule has 0 bridgehead atoms. The van der Waals surface area contributed by atoms with Crippen LogP contribution in [0.5, 0.6) is 5.75 Å². The number of ether oxygens (including phenoxy) is 2. The predicted molar refractivity (Wildman–Crippen MR) is 102 cm³/mol. The molecule has 1 aromatic heterocycles. The molecule has 1 saturated heterocycles. The van der Waals surface area contributed by atoms with Crippen LogP contribution in [0.2, 0.25) is 0 Å². The third-order valence-electron chi connectivity index (χ3n) is 4.61. The Morgan fingerprint density at radius 1 is 1.27 bits per heavy atom. The maximum absolute atomic E-state index is 5.27. The third kappa shape index (κ3) is 4.35. The molecule has 140 valence electrons. The molecule has 0 spiro atoms. The zero-order valence-electron chi connectivity index (χ0n) is 15.7. The van der Waals surface area contributed by atoms with E-state index in [9.17, 15) is 0 Å². The Morgan fingerprint density at radius 2 is 2.08 bits per heavy atom. The van der Waals surface area contributed by atoms with E-state index in [1.807, 2.05) is 48.3 Å². The lowest BCUT2D eigenvalue weighted by Gasteiger charge is -2.21. The summed E-state index contributed by atoms with van der Waals surface area (Å²) in [5.74, 6) is 2.33. The second-order valence-electron chi connectivity index (χ2n) is 6.41. The van der Waals surface area contributed by atoms with E-state index < -0.39 is 0 Å². The monoisotopic (exact) mass is 357 g/mol. The highest BCUT2D eigenvalue weighted by atomic mass is 16.5. The summed E-state index contributed by atoms with van der Waals surface area (Å²) in [6, 6.07) is 9.85. The molecular weight excluding hydrogens is 330 g/mol. The van der Waals surface area contributed by atoms with E-state index in [1.54, 1.807) is 14.2 Å². The molecule has 2 heterocycles. The van der Waals surface area contributed by atoms with Gasteiger partial charge in [0.05, 0.1) is 31.6 Å². The van der Waals surface area contributed by atoms with Crippen molar-refractivity contribution in [1.82, 2.24) is 20.0 Å². The molecule has 3 rings (SSSR count). The van der Waals surface area contributed by atoms with Gasteiger partial charge in [0.1, 0.15) is 5.75 Å². The SMILES string of the molecule is CN=C(NCc1ccn(-c2ccc(OC)cc2)n1)N1CCC(COC)C1. The number of nitrogens with one attached hydrogen (secondary N) is 1. The molecule has 7 heteroatoms. The van der Waals surface area contributed by atoms with Crippen molar-refractivity contribution in [1.29, 1.82) is 0 Å². The molecule has 26 heavy (non-hydrogen) atoms. The molecule has 0 aliphatic carbocycles. The molecule has 1 aliphatic heterocycles. The van der Waals surface area contributed by atoms with Crippen molar-refractivity contribution < 1.29 is 9.47 Å². The highest BCUT2D eigenvalue weighted by molar-refractivity contribution is 5.80. The number of aliphatic imine (C=N–C) groups is 1. The number of likely N-dealkylation sites (tertiary alicyclic amines) is 1. The highest BCUT2D eigenvalue weighted by Crippen LogP contribution is 2.17. The molecule has 7 nitrogen and oxygen atoms in total. The summed E-state index contributed by atoms with van der Waals surface area (Å²) in [4.78, 5) is 6.69. The molecule has 1 fully saturated rings. The van der Waals surface area contributed by atoms with Crippen LogP contribution in [0, 0.1) is 5.92 Å². The summed E-state index contributed by atoms with van der Waals surface area (Å²) in [7, 11) is 5.24. The van der Waals surface area contributed by atoms with Crippen molar-refractivity contribution in [2.24, 2.45) is 10.9 Å². The standard InChI is InChI=1S/C19H27N5O2/c1-20-19(23-10-8-15(13-23)14-25-2)21-12-16-9-11-24(22-16)17-4-6-18(26-3)7-5-17/h4-7,9,11,15H,8,10,12-14H2,1-3H3,(H,20,21). The molecule has 1 aromatic carbocycles. The Bertz CT molecular complexity index is 726. The number of methoxy groups -OCH3 is 2. The van der Waals surface area contributed by atoms with E-state index in [0.29, 0.717) is 12.5 Å². The van der Waals surface area contributed by atoms with Crippen molar-refractivity contribution in [3.63, 3.8) is 0 Å². The van der Waals surface area contributed by atoms with E-state index >= 15 is 0 Å². The molecule has 0 saturated carbocycles. The van der Waals surface area contributed by atoms with Crippen LogP contribution < -0.4 is 10.1 Å². The first kappa shape index (κ1) is 18.3. The Kier molecular flexibility index (Phi) is 6.12. The quantitative estimate of drug-likeness (QED) is 0.632. The van der Waals surface area contributed by atoms with Crippen LogP contribution in [-0.2, 0) is 11.3 Å². The summed E-state index contributed by atoms with van der Waals surface area (Å²) in [6.45, 7) is 3.43. The van der Waals surface area contributed by atoms with Gasteiger partial charge >= 0.3 is 0 Å². The van der Waals surface area contributed by atoms with E-state index in [-0.39, 0.29) is 0 Å². The lowest BCUT2D eigenvalue weighted by atomic mass is 10.1. The Hall–Kier alpha value is -2.54. The Labute approximate surface area is 154 Å². The fourth-order valence-corrected chi connectivity index (χ4v) is 3.23. The van der Waals surface area contributed by atoms with Crippen molar-refractivity contribution in [3.05, 3.63) is 42.2 Å². The highest BCUT2D eigenvalue weighted by Gasteiger charge is 2.24. The molecule has 1 N–H and O–H groups in total. The van der Waals surface area contributed by atoms with Crippen LogP contribution in [-0.4, -0.2) is 61.6 Å². The summed E-state index contributed by atoms with van der Waals surface area (Å²) < 4.78 is 12.3. The van der Waals surface area contributed by atoms with Crippen molar-refractivity contribution >= 4 is 5.96 Å². The molecule has 0 amide bonds. The van der Waals surface area contributed by atoms with Crippen molar-refractivity contribution in [2.45, 2.75) is 13.0 Å². The summed E-state index contributed by atoms with van der Waals surface area (Å²) in [6.07, 6.45) is 3.10. The second-order valence-corrected chi connectivity index (χ2v) is 6.41. The maximum Gasteiger partial charge on any atom is 0.193 e. The lowest BCUT2D eigenvalue weighted by molar-refractivity contribution is 0.157. The number of hydrogen-bond donors (Lipinski definition) is 1. The van der Waals surface area contributed by atoms with Gasteiger partial charge in [0.25, 0.3) is 0 Å². The van der Waals surface area contributed by atoms with Gasteiger partial charge < -0.3 is 19.7 Å². The summed E-state index contributed by atoms with van der Waals surface area (Å²) in [5.41, 5.74) is 1.97. The average Bonchev–Trinajstić information content (AvgIpc) is 3.33. The van der Waals surface area contributed by atoms with Gasteiger partial charge in [0.2, 0.25) is 0 Å². The van der Waals surface area contributed by atoms with Gasteiger partial charge in [-0.3, -0.25) is 4.99 Å². The number of benzene rings is 1. The van der Waals surface area contributed by atoms with Crippen LogP contribution in [0.1, 0.15) is 12.1 Å². The van der Waals surface area contributed by atoms with E-state index in [2.05, 4.69) is 20.3 Å². The van der Waals surface area contributed by atoms with Crippen LogP contribution >= 0.6 is 0 Å². The van der Waals surface area contributed by atoms with E-state index in [4.69, 9.17) is 9.47 Å². The molecule has 0 radical (unpaired) electrons. The molecule has 2 aromatic rings. The van der Waals surface area contributed by atoms with Gasteiger partial charge in [-0.15, -0.1) is 0 Å². The summed E-state index contributed by atoms with van der Waals surface area (Å²) in [5, 5.41) is 8.05. The Morgan fingerprint density at radius 3 is 2.77 bits per heavy atom.